The van der Waals surface area contributed by atoms with Crippen LogP contribution in [0.15, 0.2) is 24.3 Å². The molecule has 2 saturated heterocycles. The number of benzene rings is 1. The summed E-state index contributed by atoms with van der Waals surface area (Å²) in [5.74, 6) is 0.387. The van der Waals surface area contributed by atoms with Crippen LogP contribution in [0.2, 0.25) is 0 Å². The van der Waals surface area contributed by atoms with Gasteiger partial charge in [0.15, 0.2) is 6.61 Å². The van der Waals surface area contributed by atoms with Gasteiger partial charge in [0.2, 0.25) is 11.8 Å². The summed E-state index contributed by atoms with van der Waals surface area (Å²) >= 11 is 0. The predicted octanol–water partition coefficient (Wildman–Crippen LogP) is 2.53. The molecule has 1 atom stereocenters. The van der Waals surface area contributed by atoms with E-state index in [-0.39, 0.29) is 36.4 Å². The molecular formula is C26H39N3O5. The number of para-hydroxylation sites is 1. The molecule has 1 aromatic carbocycles. The van der Waals surface area contributed by atoms with Crippen molar-refractivity contribution in [2.24, 2.45) is 5.41 Å². The van der Waals surface area contributed by atoms with E-state index in [1.54, 1.807) is 0 Å². The van der Waals surface area contributed by atoms with Gasteiger partial charge in [-0.05, 0) is 64.0 Å². The first-order chi connectivity index (χ1) is 16.0. The van der Waals surface area contributed by atoms with Crippen molar-refractivity contribution in [1.29, 1.82) is 0 Å². The zero-order valence-corrected chi connectivity index (χ0v) is 21.2. The lowest BCUT2D eigenvalue weighted by Crippen LogP contribution is -2.51. The van der Waals surface area contributed by atoms with E-state index in [2.05, 4.69) is 5.32 Å². The van der Waals surface area contributed by atoms with Gasteiger partial charge in [-0.3, -0.25) is 14.4 Å². The summed E-state index contributed by atoms with van der Waals surface area (Å²) in [6.07, 6.45) is 2.62. The number of nitrogens with zero attached hydrogens (tertiary/aromatic N) is 2. The fourth-order valence-corrected chi connectivity index (χ4v) is 4.68. The zero-order valence-electron chi connectivity index (χ0n) is 21.2. The second-order valence-corrected chi connectivity index (χ2v) is 10.6. The van der Waals surface area contributed by atoms with Crippen LogP contribution in [-0.2, 0) is 19.1 Å². The Labute approximate surface area is 202 Å². The lowest BCUT2D eigenvalue weighted by molar-refractivity contribution is -0.140. The van der Waals surface area contributed by atoms with Crippen molar-refractivity contribution in [2.75, 3.05) is 39.4 Å². The third-order valence-electron chi connectivity index (χ3n) is 6.73. The first-order valence-corrected chi connectivity index (χ1v) is 12.1. The Morgan fingerprint density at radius 3 is 2.26 bits per heavy atom. The van der Waals surface area contributed by atoms with Gasteiger partial charge < -0.3 is 24.6 Å². The molecule has 188 valence electrons. The van der Waals surface area contributed by atoms with Gasteiger partial charge in [-0.2, -0.15) is 0 Å². The van der Waals surface area contributed by atoms with Crippen molar-refractivity contribution < 1.29 is 23.9 Å². The molecule has 0 saturated carbocycles. The first kappa shape index (κ1) is 26.0. The fraction of sp³-hybridized carbons (Fsp3) is 0.654. The summed E-state index contributed by atoms with van der Waals surface area (Å²) in [5.41, 5.74) is 0.634. The van der Waals surface area contributed by atoms with Crippen LogP contribution in [0.3, 0.4) is 0 Å². The maximum absolute atomic E-state index is 13.2. The number of aryl methyl sites for hydroxylation is 1. The minimum Gasteiger partial charge on any atom is -0.484 e. The quantitative estimate of drug-likeness (QED) is 0.658. The second kappa shape index (κ2) is 10.8. The van der Waals surface area contributed by atoms with Crippen LogP contribution >= 0.6 is 0 Å². The van der Waals surface area contributed by atoms with Gasteiger partial charge in [0, 0.05) is 33.1 Å². The summed E-state index contributed by atoms with van der Waals surface area (Å²) in [4.78, 5) is 41.3. The number of carbonyl (C=O) groups is 3. The molecule has 2 fully saturated rings. The summed E-state index contributed by atoms with van der Waals surface area (Å²) in [6.45, 7) is 12.0. The Bertz CT molecular complexity index is 887. The molecule has 1 spiro atoms. The summed E-state index contributed by atoms with van der Waals surface area (Å²) in [5, 5.41) is 2.75. The highest BCUT2D eigenvalue weighted by Crippen LogP contribution is 2.40. The standard InChI is InChI=1S/C26H39N3O5/c1-19-8-6-7-9-22(19)33-17-23(31)28-13-10-26(11-14-28)12-15-29(18-26)24(32)21(27-20(2)30)16-34-25(3,4)5/h6-9,21H,10-18H2,1-5H3,(H,27,30)/t21-/m0/s1. The van der Waals surface area contributed by atoms with Crippen LogP contribution in [0.4, 0.5) is 0 Å². The molecule has 1 aromatic rings. The Balaban J connectivity index is 1.51. The fourth-order valence-electron chi connectivity index (χ4n) is 4.68. The molecular weight excluding hydrogens is 434 g/mol. The number of nitrogens with one attached hydrogen (secondary N) is 1. The Morgan fingerprint density at radius 1 is 1.06 bits per heavy atom. The highest BCUT2D eigenvalue weighted by Gasteiger charge is 2.44. The van der Waals surface area contributed by atoms with E-state index in [0.29, 0.717) is 26.2 Å². The van der Waals surface area contributed by atoms with Gasteiger partial charge in [0.05, 0.1) is 12.2 Å². The first-order valence-electron chi connectivity index (χ1n) is 12.1. The number of likely N-dealkylation sites (tertiary alicyclic amines) is 2. The van der Waals surface area contributed by atoms with Crippen molar-refractivity contribution in [3.05, 3.63) is 29.8 Å². The molecule has 3 rings (SSSR count). The molecule has 0 bridgehead atoms. The lowest BCUT2D eigenvalue weighted by atomic mass is 9.78. The minimum atomic E-state index is -0.688. The molecule has 2 heterocycles. The largest absolute Gasteiger partial charge is 0.484 e. The molecule has 0 unspecified atom stereocenters. The number of piperidine rings is 1. The highest BCUT2D eigenvalue weighted by molar-refractivity contribution is 5.87. The van der Waals surface area contributed by atoms with Crippen molar-refractivity contribution in [3.63, 3.8) is 0 Å². The zero-order chi connectivity index (χ0) is 24.9. The minimum absolute atomic E-state index is 0.00548. The van der Waals surface area contributed by atoms with E-state index in [9.17, 15) is 14.4 Å². The van der Waals surface area contributed by atoms with E-state index in [1.807, 2.05) is 61.8 Å². The van der Waals surface area contributed by atoms with Crippen LogP contribution in [0.5, 0.6) is 5.75 Å². The van der Waals surface area contributed by atoms with Gasteiger partial charge >= 0.3 is 0 Å². The van der Waals surface area contributed by atoms with Crippen LogP contribution in [0.25, 0.3) is 0 Å². The van der Waals surface area contributed by atoms with Gasteiger partial charge in [0.25, 0.3) is 5.91 Å². The van der Waals surface area contributed by atoms with Crippen molar-refractivity contribution >= 4 is 17.7 Å². The molecule has 0 aliphatic carbocycles. The average molecular weight is 474 g/mol. The van der Waals surface area contributed by atoms with Gasteiger partial charge in [-0.15, -0.1) is 0 Å². The topological polar surface area (TPSA) is 88.2 Å². The number of amides is 3. The monoisotopic (exact) mass is 473 g/mol. The van der Waals surface area contributed by atoms with Crippen molar-refractivity contribution in [3.8, 4) is 5.75 Å². The molecule has 8 nitrogen and oxygen atoms in total. The average Bonchev–Trinajstić information content (AvgIpc) is 3.18. The van der Waals surface area contributed by atoms with Crippen LogP contribution in [0.1, 0.15) is 52.5 Å². The highest BCUT2D eigenvalue weighted by atomic mass is 16.5. The van der Waals surface area contributed by atoms with Gasteiger partial charge in [-0.1, -0.05) is 18.2 Å². The van der Waals surface area contributed by atoms with Crippen LogP contribution < -0.4 is 10.1 Å². The van der Waals surface area contributed by atoms with Crippen LogP contribution in [-0.4, -0.2) is 78.6 Å². The maximum atomic E-state index is 13.2. The van der Waals surface area contributed by atoms with E-state index in [1.165, 1.54) is 6.92 Å². The van der Waals surface area contributed by atoms with Crippen molar-refractivity contribution in [2.45, 2.75) is 65.5 Å². The number of carbonyl (C=O) groups excluding carboxylic acids is 3. The molecule has 1 N–H and O–H groups in total. The Kier molecular flexibility index (Phi) is 8.23. The molecule has 0 radical (unpaired) electrons. The SMILES string of the molecule is CC(=O)N[C@@H](COC(C)(C)C)C(=O)N1CCC2(CCN(C(=O)COc3ccccc3C)CC2)C1. The van der Waals surface area contributed by atoms with Gasteiger partial charge in [0.1, 0.15) is 11.8 Å². The van der Waals surface area contributed by atoms with Crippen LogP contribution in [0, 0.1) is 12.3 Å². The Morgan fingerprint density at radius 2 is 1.68 bits per heavy atom. The summed E-state index contributed by atoms with van der Waals surface area (Å²) in [7, 11) is 0. The molecule has 3 amide bonds. The predicted molar refractivity (Wildman–Crippen MR) is 129 cm³/mol. The normalized spacial score (nSPS) is 18.6. The second-order valence-electron chi connectivity index (χ2n) is 10.6. The Hall–Kier alpha value is -2.61. The molecule has 8 heteroatoms. The van der Waals surface area contributed by atoms with Gasteiger partial charge in [-0.25, -0.2) is 0 Å². The molecule has 0 aromatic heterocycles. The third-order valence-corrected chi connectivity index (χ3v) is 6.73. The van der Waals surface area contributed by atoms with E-state index in [0.717, 1.165) is 30.6 Å². The summed E-state index contributed by atoms with van der Waals surface area (Å²) in [6, 6.07) is 6.99. The number of hydrogen-bond acceptors (Lipinski definition) is 5. The van der Waals surface area contributed by atoms with E-state index < -0.39 is 11.6 Å². The van der Waals surface area contributed by atoms with E-state index >= 15 is 0 Å². The van der Waals surface area contributed by atoms with E-state index in [4.69, 9.17) is 9.47 Å². The third kappa shape index (κ3) is 6.95. The van der Waals surface area contributed by atoms with Crippen molar-refractivity contribution in [1.82, 2.24) is 15.1 Å². The number of hydrogen-bond donors (Lipinski definition) is 1. The molecule has 2 aliphatic rings. The summed E-state index contributed by atoms with van der Waals surface area (Å²) < 4.78 is 11.5. The molecule has 34 heavy (non-hydrogen) atoms. The lowest BCUT2D eigenvalue weighted by Gasteiger charge is -2.39. The number of rotatable bonds is 7. The smallest absolute Gasteiger partial charge is 0.260 e. The number of ether oxygens (including phenoxy) is 2. The maximum Gasteiger partial charge on any atom is 0.260 e. The molecule has 2 aliphatic heterocycles.